The third-order valence-electron chi connectivity index (χ3n) is 8.33. The molecule has 2 N–H and O–H groups in total. The van der Waals surface area contributed by atoms with Crippen molar-refractivity contribution in [3.8, 4) is 5.75 Å². The van der Waals surface area contributed by atoms with Crippen LogP contribution < -0.4 is 9.46 Å². The second-order valence-electron chi connectivity index (χ2n) is 12.5. The van der Waals surface area contributed by atoms with E-state index in [0.29, 0.717) is 25.4 Å². The number of anilines is 1. The Morgan fingerprint density at radius 3 is 2.50 bits per heavy atom. The number of likely N-dealkylation sites (N-methyl/N-ethyl adjacent to an activating group) is 1. The summed E-state index contributed by atoms with van der Waals surface area (Å²) in [6.45, 7) is 9.77. The zero-order valence-corrected chi connectivity index (χ0v) is 28.4. The van der Waals surface area contributed by atoms with Crippen LogP contribution in [0.4, 0.5) is 5.69 Å². The lowest BCUT2D eigenvalue weighted by atomic mass is 10.0. The largest absolute Gasteiger partial charge is 0.490 e. The predicted molar refractivity (Wildman–Crippen MR) is 179 cm³/mol. The highest BCUT2D eigenvalue weighted by Crippen LogP contribution is 2.29. The summed E-state index contributed by atoms with van der Waals surface area (Å²) in [7, 11) is -1.85. The van der Waals surface area contributed by atoms with Crippen LogP contribution in [0.2, 0.25) is 0 Å². The van der Waals surface area contributed by atoms with Crippen LogP contribution in [0.5, 0.6) is 5.75 Å². The number of aromatic nitrogens is 1. The molecule has 2 aromatic carbocycles. The molecule has 0 saturated carbocycles. The van der Waals surface area contributed by atoms with E-state index in [4.69, 9.17) is 9.47 Å². The molecule has 3 aromatic rings. The minimum Gasteiger partial charge on any atom is -0.490 e. The number of aliphatic hydroxyl groups is 1. The molecular weight excluding hydrogens is 604 g/mol. The average molecular weight is 653 g/mol. The summed E-state index contributed by atoms with van der Waals surface area (Å²) in [6.07, 6.45) is 5.73. The number of sulfonamides is 1. The minimum absolute atomic E-state index is 0.0766. The highest BCUT2D eigenvalue weighted by atomic mass is 32.2. The van der Waals surface area contributed by atoms with Crippen LogP contribution in [-0.2, 0) is 21.3 Å². The SMILES string of the molecule is Cc1ccc(S(=O)(=O)Nc2ccc3c(c2)C(=O)N([C@@H](C)CO)C[C@@H](C)[C@H](CN(C)Cc2ccncc2)OCCCC[C@@H](C)O3)cc1. The number of nitrogens with one attached hydrogen (secondary N) is 1. The van der Waals surface area contributed by atoms with E-state index in [-0.39, 0.29) is 46.8 Å². The monoisotopic (exact) mass is 652 g/mol. The first-order chi connectivity index (χ1) is 22.0. The lowest BCUT2D eigenvalue weighted by molar-refractivity contribution is -0.0177. The molecule has 2 heterocycles. The summed E-state index contributed by atoms with van der Waals surface area (Å²) >= 11 is 0. The first-order valence-electron chi connectivity index (χ1n) is 16.0. The second-order valence-corrected chi connectivity index (χ2v) is 14.2. The highest BCUT2D eigenvalue weighted by Gasteiger charge is 2.30. The number of aryl methyl sites for hydroxylation is 1. The Morgan fingerprint density at radius 2 is 1.80 bits per heavy atom. The molecule has 0 bridgehead atoms. The molecule has 1 aliphatic heterocycles. The van der Waals surface area contributed by atoms with Gasteiger partial charge in [-0.15, -0.1) is 0 Å². The van der Waals surface area contributed by atoms with Crippen molar-refractivity contribution in [2.45, 2.75) is 76.6 Å². The summed E-state index contributed by atoms with van der Waals surface area (Å²) in [4.78, 5) is 22.4. The van der Waals surface area contributed by atoms with Crippen LogP contribution in [0.1, 0.15) is 61.5 Å². The lowest BCUT2D eigenvalue weighted by Gasteiger charge is -2.36. The molecular formula is C35H48N4O6S. The van der Waals surface area contributed by atoms with Crippen LogP contribution in [-0.4, -0.2) is 85.8 Å². The van der Waals surface area contributed by atoms with Gasteiger partial charge in [-0.05, 0) is 95.1 Å². The van der Waals surface area contributed by atoms with Gasteiger partial charge in [0.05, 0.1) is 35.3 Å². The van der Waals surface area contributed by atoms with Gasteiger partial charge in [-0.2, -0.15) is 0 Å². The molecule has 1 aromatic heterocycles. The smallest absolute Gasteiger partial charge is 0.261 e. The third kappa shape index (κ3) is 9.75. The Morgan fingerprint density at radius 1 is 1.09 bits per heavy atom. The fourth-order valence-corrected chi connectivity index (χ4v) is 6.60. The van der Waals surface area contributed by atoms with Gasteiger partial charge >= 0.3 is 0 Å². The number of carbonyl (C=O) groups is 1. The molecule has 0 radical (unpaired) electrons. The molecule has 0 aliphatic carbocycles. The summed E-state index contributed by atoms with van der Waals surface area (Å²) in [5, 5.41) is 10.2. The predicted octanol–water partition coefficient (Wildman–Crippen LogP) is 5.12. The van der Waals surface area contributed by atoms with Gasteiger partial charge in [0.25, 0.3) is 15.9 Å². The number of aliphatic hydroxyl groups excluding tert-OH is 1. The normalized spacial score (nSPS) is 20.8. The van der Waals surface area contributed by atoms with Gasteiger partial charge in [0.1, 0.15) is 5.75 Å². The van der Waals surface area contributed by atoms with Crippen molar-refractivity contribution in [2.24, 2.45) is 5.92 Å². The van der Waals surface area contributed by atoms with Crippen molar-refractivity contribution in [3.05, 3.63) is 83.7 Å². The molecule has 1 amide bonds. The molecule has 4 atom stereocenters. The average Bonchev–Trinajstić information content (AvgIpc) is 3.03. The Hall–Kier alpha value is -3.51. The maximum atomic E-state index is 14.4. The second kappa shape index (κ2) is 16.4. The van der Waals surface area contributed by atoms with Crippen molar-refractivity contribution in [1.82, 2.24) is 14.8 Å². The number of benzene rings is 2. The quantitative estimate of drug-likeness (QED) is 0.327. The molecule has 11 heteroatoms. The van der Waals surface area contributed by atoms with Crippen molar-refractivity contribution in [3.63, 3.8) is 0 Å². The van der Waals surface area contributed by atoms with Crippen LogP contribution in [0.3, 0.4) is 0 Å². The summed E-state index contributed by atoms with van der Waals surface area (Å²) in [5.41, 5.74) is 2.57. The Labute approximate surface area is 273 Å². The Balaban J connectivity index is 1.64. The Bertz CT molecular complexity index is 1520. The molecule has 0 spiro atoms. The lowest BCUT2D eigenvalue weighted by Crippen LogP contribution is -2.47. The number of ether oxygens (including phenoxy) is 2. The van der Waals surface area contributed by atoms with E-state index >= 15 is 0 Å². The van der Waals surface area contributed by atoms with Crippen LogP contribution in [0.25, 0.3) is 0 Å². The zero-order valence-electron chi connectivity index (χ0n) is 27.6. The van der Waals surface area contributed by atoms with Crippen molar-refractivity contribution < 1.29 is 27.8 Å². The fourth-order valence-electron chi connectivity index (χ4n) is 5.55. The maximum absolute atomic E-state index is 14.4. The minimum atomic E-state index is -3.90. The highest BCUT2D eigenvalue weighted by molar-refractivity contribution is 7.92. The summed E-state index contributed by atoms with van der Waals surface area (Å²) in [6, 6.07) is 14.8. The van der Waals surface area contributed by atoms with E-state index in [1.165, 1.54) is 6.07 Å². The van der Waals surface area contributed by atoms with Gasteiger partial charge in [-0.25, -0.2) is 8.42 Å². The van der Waals surface area contributed by atoms with E-state index in [0.717, 1.165) is 36.9 Å². The van der Waals surface area contributed by atoms with E-state index in [1.807, 2.05) is 26.0 Å². The summed E-state index contributed by atoms with van der Waals surface area (Å²) < 4.78 is 41.8. The number of nitrogens with zero attached hydrogens (tertiary/aromatic N) is 3. The first-order valence-corrected chi connectivity index (χ1v) is 17.5. The van der Waals surface area contributed by atoms with Crippen LogP contribution in [0.15, 0.2) is 71.9 Å². The number of rotatable bonds is 9. The number of pyridine rings is 1. The standard InChI is InChI=1S/C35H48N4O6S/c1-25-9-12-31(13-10-25)46(42,43)37-30-11-14-33-32(20-30)35(41)39(27(3)24-40)21-26(2)34(44-19-7-6-8-28(4)45-33)23-38(5)22-29-15-17-36-18-16-29/h9-18,20,26-28,34,37,40H,6-8,19,21-24H2,1-5H3/t26-,27+,28-,34+/m1/s1. The molecule has 0 saturated heterocycles. The number of fused-ring (bicyclic) bond motifs is 1. The van der Waals surface area contributed by atoms with Gasteiger partial charge < -0.3 is 19.5 Å². The van der Waals surface area contributed by atoms with Crippen LogP contribution >= 0.6 is 0 Å². The molecule has 0 unspecified atom stereocenters. The van der Waals surface area contributed by atoms with Gasteiger partial charge in [-0.1, -0.05) is 24.6 Å². The van der Waals surface area contributed by atoms with E-state index in [9.17, 15) is 18.3 Å². The van der Waals surface area contributed by atoms with Crippen LogP contribution in [0, 0.1) is 12.8 Å². The number of carbonyl (C=O) groups excluding carboxylic acids is 1. The molecule has 250 valence electrons. The first kappa shape index (κ1) is 35.3. The molecule has 46 heavy (non-hydrogen) atoms. The zero-order chi connectivity index (χ0) is 33.3. The van der Waals surface area contributed by atoms with Gasteiger partial charge in [0.2, 0.25) is 0 Å². The van der Waals surface area contributed by atoms with E-state index in [2.05, 4.69) is 28.6 Å². The summed E-state index contributed by atoms with van der Waals surface area (Å²) in [5.74, 6) is -0.0549. The van der Waals surface area contributed by atoms with E-state index in [1.54, 1.807) is 60.6 Å². The number of hydrogen-bond acceptors (Lipinski definition) is 8. The van der Waals surface area contributed by atoms with Gasteiger partial charge in [0.15, 0.2) is 0 Å². The van der Waals surface area contributed by atoms with Gasteiger partial charge in [-0.3, -0.25) is 19.4 Å². The van der Waals surface area contributed by atoms with Crippen molar-refractivity contribution in [1.29, 1.82) is 0 Å². The van der Waals surface area contributed by atoms with Gasteiger partial charge in [0, 0.05) is 50.2 Å². The topological polar surface area (TPSA) is 121 Å². The molecule has 10 nitrogen and oxygen atoms in total. The van der Waals surface area contributed by atoms with E-state index < -0.39 is 16.1 Å². The molecule has 4 rings (SSSR count). The fraction of sp³-hybridized carbons (Fsp3) is 0.486. The number of amides is 1. The molecule has 0 fully saturated rings. The maximum Gasteiger partial charge on any atom is 0.261 e. The number of hydrogen-bond donors (Lipinski definition) is 2. The van der Waals surface area contributed by atoms with Crippen molar-refractivity contribution in [2.75, 3.05) is 38.1 Å². The Kier molecular flexibility index (Phi) is 12.6. The third-order valence-corrected chi connectivity index (χ3v) is 9.73. The molecule has 1 aliphatic rings. The van der Waals surface area contributed by atoms with Crippen molar-refractivity contribution >= 4 is 21.6 Å².